The first-order valence-corrected chi connectivity index (χ1v) is 10.7. The number of hydrogen-bond donors (Lipinski definition) is 1. The standard InChI is InChI=1S/C24H28N4O3/c1-17-9-10-18(2)21(13-17)31-16-23(29)25-14-22-26-19-7-3-4-8-20(19)28(22)15-24(30)27-11-5-6-12-27/h3-4,7-10,13H,5-6,11-12,14-16H2,1-2H3,(H,25,29). The quantitative estimate of drug-likeness (QED) is 0.638. The Kier molecular flexibility index (Phi) is 6.21. The molecule has 0 atom stereocenters. The molecule has 2 heterocycles. The van der Waals surface area contributed by atoms with Crippen molar-refractivity contribution in [3.63, 3.8) is 0 Å². The van der Waals surface area contributed by atoms with Crippen LogP contribution < -0.4 is 10.1 Å². The third-order valence-corrected chi connectivity index (χ3v) is 5.63. The number of likely N-dealkylation sites (tertiary alicyclic amines) is 1. The highest BCUT2D eigenvalue weighted by Gasteiger charge is 2.21. The Morgan fingerprint density at radius 2 is 1.87 bits per heavy atom. The van der Waals surface area contributed by atoms with Crippen molar-refractivity contribution in [3.8, 4) is 5.75 Å². The molecule has 0 aliphatic carbocycles. The number of carbonyl (C=O) groups excluding carboxylic acids is 2. The molecule has 162 valence electrons. The molecule has 1 aliphatic heterocycles. The van der Waals surface area contributed by atoms with Crippen LogP contribution in [0.1, 0.15) is 29.8 Å². The number of nitrogens with one attached hydrogen (secondary N) is 1. The minimum absolute atomic E-state index is 0.0722. The largest absolute Gasteiger partial charge is 0.483 e. The van der Waals surface area contributed by atoms with E-state index in [0.29, 0.717) is 11.6 Å². The van der Waals surface area contributed by atoms with Gasteiger partial charge in [-0.05, 0) is 56.0 Å². The highest BCUT2D eigenvalue weighted by atomic mass is 16.5. The number of aromatic nitrogens is 2. The van der Waals surface area contributed by atoms with Crippen LogP contribution in [-0.2, 0) is 22.7 Å². The van der Waals surface area contributed by atoms with E-state index in [9.17, 15) is 9.59 Å². The summed E-state index contributed by atoms with van der Waals surface area (Å²) in [5, 5.41) is 2.88. The summed E-state index contributed by atoms with van der Waals surface area (Å²) < 4.78 is 7.59. The Morgan fingerprint density at radius 3 is 2.68 bits per heavy atom. The molecular formula is C24H28N4O3. The van der Waals surface area contributed by atoms with E-state index in [4.69, 9.17) is 4.74 Å². The van der Waals surface area contributed by atoms with Gasteiger partial charge < -0.3 is 19.5 Å². The summed E-state index contributed by atoms with van der Waals surface area (Å²) in [5.41, 5.74) is 3.77. The summed E-state index contributed by atoms with van der Waals surface area (Å²) in [6.45, 7) is 5.95. The van der Waals surface area contributed by atoms with Crippen LogP contribution in [0.25, 0.3) is 11.0 Å². The van der Waals surface area contributed by atoms with Gasteiger partial charge in [-0.15, -0.1) is 0 Å². The van der Waals surface area contributed by atoms with Crippen molar-refractivity contribution in [2.75, 3.05) is 19.7 Å². The van der Waals surface area contributed by atoms with E-state index in [0.717, 1.165) is 48.1 Å². The second-order valence-electron chi connectivity index (χ2n) is 8.03. The van der Waals surface area contributed by atoms with Crippen LogP contribution in [-0.4, -0.2) is 46.0 Å². The molecule has 2 aromatic carbocycles. The third kappa shape index (κ3) is 4.87. The Labute approximate surface area is 182 Å². The van der Waals surface area contributed by atoms with Gasteiger partial charge in [-0.3, -0.25) is 9.59 Å². The number of aryl methyl sites for hydroxylation is 2. The summed E-state index contributed by atoms with van der Waals surface area (Å²) in [6, 6.07) is 13.6. The Hall–Kier alpha value is -3.35. The van der Waals surface area contributed by atoms with Crippen LogP contribution in [0.15, 0.2) is 42.5 Å². The molecule has 0 bridgehead atoms. The zero-order valence-electron chi connectivity index (χ0n) is 18.1. The van der Waals surface area contributed by atoms with Crippen LogP contribution in [0.2, 0.25) is 0 Å². The molecular weight excluding hydrogens is 392 g/mol. The highest BCUT2D eigenvalue weighted by molar-refractivity contribution is 5.82. The van der Waals surface area contributed by atoms with Crippen LogP contribution in [0, 0.1) is 13.8 Å². The average Bonchev–Trinajstić information content (AvgIpc) is 3.42. The fraction of sp³-hybridized carbons (Fsp3) is 0.375. The Morgan fingerprint density at radius 1 is 1.10 bits per heavy atom. The number of carbonyl (C=O) groups is 2. The number of rotatable bonds is 7. The number of ether oxygens (including phenoxy) is 1. The molecule has 2 amide bonds. The van der Waals surface area contributed by atoms with E-state index in [1.165, 1.54) is 0 Å². The van der Waals surface area contributed by atoms with Crippen molar-refractivity contribution in [2.24, 2.45) is 0 Å². The predicted molar refractivity (Wildman–Crippen MR) is 119 cm³/mol. The monoisotopic (exact) mass is 420 g/mol. The van der Waals surface area contributed by atoms with E-state index in [1.807, 2.05) is 65.8 Å². The molecule has 7 nitrogen and oxygen atoms in total. The summed E-state index contributed by atoms with van der Waals surface area (Å²) in [5.74, 6) is 1.23. The van der Waals surface area contributed by atoms with Gasteiger partial charge >= 0.3 is 0 Å². The zero-order chi connectivity index (χ0) is 21.8. The van der Waals surface area contributed by atoms with Gasteiger partial charge in [0.1, 0.15) is 18.1 Å². The molecule has 4 rings (SSSR count). The smallest absolute Gasteiger partial charge is 0.258 e. The molecule has 0 saturated carbocycles. The maximum absolute atomic E-state index is 12.7. The number of benzene rings is 2. The van der Waals surface area contributed by atoms with Crippen molar-refractivity contribution >= 4 is 22.8 Å². The van der Waals surface area contributed by atoms with E-state index in [1.54, 1.807) is 0 Å². The summed E-state index contributed by atoms with van der Waals surface area (Å²) in [7, 11) is 0. The molecule has 0 radical (unpaired) electrons. The molecule has 1 saturated heterocycles. The Bertz CT molecular complexity index is 1100. The molecule has 0 unspecified atom stereocenters. The van der Waals surface area contributed by atoms with Crippen molar-refractivity contribution in [2.45, 2.75) is 39.8 Å². The number of hydrogen-bond acceptors (Lipinski definition) is 4. The normalized spacial score (nSPS) is 13.5. The van der Waals surface area contributed by atoms with E-state index >= 15 is 0 Å². The number of para-hydroxylation sites is 2. The van der Waals surface area contributed by atoms with Gasteiger partial charge in [0.05, 0.1) is 17.6 Å². The number of amides is 2. The second kappa shape index (κ2) is 9.20. The summed E-state index contributed by atoms with van der Waals surface area (Å²) in [4.78, 5) is 31.7. The molecule has 31 heavy (non-hydrogen) atoms. The van der Waals surface area contributed by atoms with Crippen molar-refractivity contribution in [3.05, 3.63) is 59.4 Å². The second-order valence-corrected chi connectivity index (χ2v) is 8.03. The lowest BCUT2D eigenvalue weighted by Crippen LogP contribution is -2.33. The molecule has 7 heteroatoms. The summed E-state index contributed by atoms with van der Waals surface area (Å²) in [6.07, 6.45) is 2.11. The molecule has 1 aliphatic rings. The third-order valence-electron chi connectivity index (χ3n) is 5.63. The lowest BCUT2D eigenvalue weighted by atomic mass is 10.1. The zero-order valence-corrected chi connectivity index (χ0v) is 18.1. The first-order chi connectivity index (χ1) is 15.0. The SMILES string of the molecule is Cc1ccc(C)c(OCC(=O)NCc2nc3ccccc3n2CC(=O)N2CCCC2)c1. The van der Waals surface area contributed by atoms with E-state index in [-0.39, 0.29) is 31.5 Å². The lowest BCUT2D eigenvalue weighted by molar-refractivity contribution is -0.130. The van der Waals surface area contributed by atoms with Gasteiger partial charge in [-0.2, -0.15) is 0 Å². The van der Waals surface area contributed by atoms with Crippen LogP contribution >= 0.6 is 0 Å². The fourth-order valence-corrected chi connectivity index (χ4v) is 3.87. The van der Waals surface area contributed by atoms with Crippen LogP contribution in [0.3, 0.4) is 0 Å². The van der Waals surface area contributed by atoms with Gasteiger partial charge in [0.15, 0.2) is 6.61 Å². The first-order valence-electron chi connectivity index (χ1n) is 10.7. The van der Waals surface area contributed by atoms with E-state index < -0.39 is 0 Å². The van der Waals surface area contributed by atoms with Gasteiger partial charge in [-0.1, -0.05) is 24.3 Å². The number of imidazole rings is 1. The van der Waals surface area contributed by atoms with Crippen molar-refractivity contribution in [1.82, 2.24) is 19.8 Å². The van der Waals surface area contributed by atoms with Crippen LogP contribution in [0.5, 0.6) is 5.75 Å². The molecule has 1 aromatic heterocycles. The van der Waals surface area contributed by atoms with E-state index in [2.05, 4.69) is 10.3 Å². The minimum atomic E-state index is -0.231. The van der Waals surface area contributed by atoms with Gasteiger partial charge in [-0.25, -0.2) is 4.98 Å². The highest BCUT2D eigenvalue weighted by Crippen LogP contribution is 2.19. The lowest BCUT2D eigenvalue weighted by Gasteiger charge is -2.17. The maximum atomic E-state index is 12.7. The molecule has 0 spiro atoms. The van der Waals surface area contributed by atoms with Gasteiger partial charge in [0.2, 0.25) is 5.91 Å². The summed E-state index contributed by atoms with van der Waals surface area (Å²) >= 11 is 0. The number of fused-ring (bicyclic) bond motifs is 1. The Balaban J connectivity index is 1.43. The van der Waals surface area contributed by atoms with Gasteiger partial charge in [0, 0.05) is 13.1 Å². The van der Waals surface area contributed by atoms with Crippen molar-refractivity contribution < 1.29 is 14.3 Å². The maximum Gasteiger partial charge on any atom is 0.258 e. The van der Waals surface area contributed by atoms with Crippen LogP contribution in [0.4, 0.5) is 0 Å². The van der Waals surface area contributed by atoms with Gasteiger partial charge in [0.25, 0.3) is 5.91 Å². The molecule has 1 N–H and O–H groups in total. The first kappa shape index (κ1) is 20.9. The number of nitrogens with zero attached hydrogens (tertiary/aromatic N) is 3. The fourth-order valence-electron chi connectivity index (χ4n) is 3.87. The van der Waals surface area contributed by atoms with Crippen molar-refractivity contribution in [1.29, 1.82) is 0 Å². The average molecular weight is 421 g/mol. The predicted octanol–water partition coefficient (Wildman–Crippen LogP) is 2.97. The topological polar surface area (TPSA) is 76.5 Å². The molecule has 3 aromatic rings. The molecule has 1 fully saturated rings. The minimum Gasteiger partial charge on any atom is -0.483 e.